The molecule has 0 aromatic heterocycles. The maximum absolute atomic E-state index is 13.8. The van der Waals surface area contributed by atoms with Gasteiger partial charge in [-0.1, -0.05) is 6.07 Å². The highest BCUT2D eigenvalue weighted by molar-refractivity contribution is 5.74. The van der Waals surface area contributed by atoms with Crippen LogP contribution in [0, 0.1) is 34.9 Å². The molecular formula is C17H20FN3O2. The fourth-order valence-electron chi connectivity index (χ4n) is 4.04. The minimum absolute atomic E-state index is 0.00422. The smallest absolute Gasteiger partial charge is 0.315 e. The second-order valence-electron chi connectivity index (χ2n) is 6.45. The number of rotatable bonds is 4. The fourth-order valence-corrected chi connectivity index (χ4v) is 4.04. The van der Waals surface area contributed by atoms with Crippen LogP contribution in [0.4, 0.5) is 9.18 Å². The van der Waals surface area contributed by atoms with Crippen molar-refractivity contribution in [3.05, 3.63) is 35.1 Å². The van der Waals surface area contributed by atoms with Crippen LogP contribution in [0.2, 0.25) is 0 Å². The van der Waals surface area contributed by atoms with Crippen molar-refractivity contribution in [3.8, 4) is 6.07 Å². The van der Waals surface area contributed by atoms with E-state index in [2.05, 4.69) is 10.6 Å². The highest BCUT2D eigenvalue weighted by Crippen LogP contribution is 2.48. The molecule has 0 saturated heterocycles. The highest BCUT2D eigenvalue weighted by Gasteiger charge is 2.47. The third-order valence-electron chi connectivity index (χ3n) is 5.22. The molecule has 2 aliphatic rings. The zero-order valence-corrected chi connectivity index (χ0v) is 12.8. The van der Waals surface area contributed by atoms with Gasteiger partial charge in [-0.25, -0.2) is 9.18 Å². The van der Waals surface area contributed by atoms with Gasteiger partial charge in [0.2, 0.25) is 0 Å². The van der Waals surface area contributed by atoms with Gasteiger partial charge >= 0.3 is 6.03 Å². The Kier molecular flexibility index (Phi) is 4.49. The van der Waals surface area contributed by atoms with Crippen LogP contribution in [0.1, 0.15) is 30.4 Å². The first-order valence-corrected chi connectivity index (χ1v) is 7.96. The predicted octanol–water partition coefficient (Wildman–Crippen LogP) is 1.90. The van der Waals surface area contributed by atoms with Crippen molar-refractivity contribution in [2.45, 2.75) is 31.8 Å². The SMILES string of the molecule is N#Cc1ccc(CNC(=O)NC2C3CCC(C3)C2CO)c(F)c1. The van der Waals surface area contributed by atoms with Crippen molar-refractivity contribution in [3.63, 3.8) is 0 Å². The summed E-state index contributed by atoms with van der Waals surface area (Å²) in [6, 6.07) is 5.72. The molecule has 6 heteroatoms. The third-order valence-corrected chi connectivity index (χ3v) is 5.22. The summed E-state index contributed by atoms with van der Waals surface area (Å²) in [4.78, 5) is 12.1. The first-order valence-electron chi connectivity index (χ1n) is 7.96. The molecule has 1 aromatic carbocycles. The molecule has 0 aliphatic heterocycles. The van der Waals surface area contributed by atoms with Crippen LogP contribution >= 0.6 is 0 Å². The summed E-state index contributed by atoms with van der Waals surface area (Å²) in [5.41, 5.74) is 0.592. The first kappa shape index (κ1) is 15.8. The number of aliphatic hydroxyl groups excluding tert-OH is 1. The number of carbonyl (C=O) groups excluding carboxylic acids is 1. The molecule has 3 rings (SSSR count). The average molecular weight is 317 g/mol. The number of nitrogens with one attached hydrogen (secondary N) is 2. The molecule has 2 aliphatic carbocycles. The molecule has 2 bridgehead atoms. The summed E-state index contributed by atoms with van der Waals surface area (Å²) in [5.74, 6) is 0.574. The molecule has 4 atom stereocenters. The Labute approximate surface area is 134 Å². The zero-order valence-electron chi connectivity index (χ0n) is 12.8. The lowest BCUT2D eigenvalue weighted by Gasteiger charge is -2.30. The van der Waals surface area contributed by atoms with Gasteiger partial charge in [-0.3, -0.25) is 0 Å². The topological polar surface area (TPSA) is 85.2 Å². The van der Waals surface area contributed by atoms with E-state index in [4.69, 9.17) is 5.26 Å². The number of urea groups is 1. The predicted molar refractivity (Wildman–Crippen MR) is 81.7 cm³/mol. The van der Waals surface area contributed by atoms with Gasteiger partial charge in [-0.05, 0) is 43.2 Å². The fraction of sp³-hybridized carbons (Fsp3) is 0.529. The second-order valence-corrected chi connectivity index (χ2v) is 6.45. The number of halogens is 1. The molecule has 1 aromatic rings. The number of nitriles is 1. The van der Waals surface area contributed by atoms with Crippen LogP contribution in [0.15, 0.2) is 18.2 Å². The number of hydrogen-bond donors (Lipinski definition) is 3. The van der Waals surface area contributed by atoms with E-state index >= 15 is 0 Å². The Bertz CT molecular complexity index is 643. The lowest BCUT2D eigenvalue weighted by atomic mass is 9.85. The minimum atomic E-state index is -0.502. The molecule has 0 spiro atoms. The van der Waals surface area contributed by atoms with E-state index in [1.807, 2.05) is 6.07 Å². The monoisotopic (exact) mass is 317 g/mol. The number of fused-ring (bicyclic) bond motifs is 2. The van der Waals surface area contributed by atoms with Crippen molar-refractivity contribution >= 4 is 6.03 Å². The van der Waals surface area contributed by atoms with E-state index in [1.165, 1.54) is 12.1 Å². The largest absolute Gasteiger partial charge is 0.396 e. The lowest BCUT2D eigenvalue weighted by Crippen LogP contribution is -2.48. The van der Waals surface area contributed by atoms with Crippen LogP contribution in [0.25, 0.3) is 0 Å². The molecule has 2 amide bonds. The second kappa shape index (κ2) is 6.55. The molecule has 4 unspecified atom stereocenters. The molecule has 2 saturated carbocycles. The zero-order chi connectivity index (χ0) is 16.4. The third kappa shape index (κ3) is 3.15. The van der Waals surface area contributed by atoms with Gasteiger partial charge in [0, 0.05) is 30.7 Å². The minimum Gasteiger partial charge on any atom is -0.396 e. The quantitative estimate of drug-likeness (QED) is 0.793. The van der Waals surface area contributed by atoms with Gasteiger partial charge < -0.3 is 15.7 Å². The molecule has 0 radical (unpaired) electrons. The Balaban J connectivity index is 1.55. The standard InChI is InChI=1S/C17H20FN3O2/c18-15-5-10(7-19)1-2-13(15)8-20-17(23)21-16-12-4-3-11(6-12)14(16)9-22/h1-2,5,11-12,14,16,22H,3-4,6,8-9H2,(H2,20,21,23). The van der Waals surface area contributed by atoms with Gasteiger partial charge in [0.15, 0.2) is 0 Å². The molecule has 5 nitrogen and oxygen atoms in total. The summed E-state index contributed by atoms with van der Waals surface area (Å²) in [6.07, 6.45) is 3.29. The maximum Gasteiger partial charge on any atom is 0.315 e. The Morgan fingerprint density at radius 1 is 1.39 bits per heavy atom. The van der Waals surface area contributed by atoms with Crippen molar-refractivity contribution in [1.29, 1.82) is 5.26 Å². The number of benzene rings is 1. The first-order chi connectivity index (χ1) is 11.1. The van der Waals surface area contributed by atoms with Crippen molar-refractivity contribution < 1.29 is 14.3 Å². The Morgan fingerprint density at radius 2 is 2.17 bits per heavy atom. The molecule has 0 heterocycles. The van der Waals surface area contributed by atoms with Crippen molar-refractivity contribution in [2.75, 3.05) is 6.61 Å². The van der Waals surface area contributed by atoms with Gasteiger partial charge in [0.05, 0.1) is 11.6 Å². The number of hydrogen-bond acceptors (Lipinski definition) is 3. The summed E-state index contributed by atoms with van der Waals surface area (Å²) >= 11 is 0. The van der Waals surface area contributed by atoms with Crippen LogP contribution in [-0.2, 0) is 6.54 Å². The van der Waals surface area contributed by atoms with E-state index in [0.717, 1.165) is 25.3 Å². The lowest BCUT2D eigenvalue weighted by molar-refractivity contribution is 0.144. The van der Waals surface area contributed by atoms with Gasteiger partial charge in [0.1, 0.15) is 5.82 Å². The van der Waals surface area contributed by atoms with E-state index in [0.29, 0.717) is 17.4 Å². The summed E-state index contributed by atoms with van der Waals surface area (Å²) in [5, 5.41) is 23.8. The van der Waals surface area contributed by atoms with Crippen LogP contribution in [-0.4, -0.2) is 23.8 Å². The van der Waals surface area contributed by atoms with Crippen LogP contribution in [0.3, 0.4) is 0 Å². The number of carbonyl (C=O) groups is 1. The van der Waals surface area contributed by atoms with E-state index in [9.17, 15) is 14.3 Å². The van der Waals surface area contributed by atoms with Gasteiger partial charge in [0.25, 0.3) is 0 Å². The van der Waals surface area contributed by atoms with E-state index < -0.39 is 5.82 Å². The van der Waals surface area contributed by atoms with E-state index in [-0.39, 0.29) is 36.7 Å². The molecule has 3 N–H and O–H groups in total. The van der Waals surface area contributed by atoms with Crippen molar-refractivity contribution in [1.82, 2.24) is 10.6 Å². The van der Waals surface area contributed by atoms with Crippen LogP contribution in [0.5, 0.6) is 0 Å². The normalized spacial score (nSPS) is 28.4. The van der Waals surface area contributed by atoms with Gasteiger partial charge in [-0.15, -0.1) is 0 Å². The number of aliphatic hydroxyl groups is 1. The average Bonchev–Trinajstić information content (AvgIpc) is 3.14. The van der Waals surface area contributed by atoms with Crippen LogP contribution < -0.4 is 10.6 Å². The Morgan fingerprint density at radius 3 is 2.87 bits per heavy atom. The summed E-state index contributed by atoms with van der Waals surface area (Å²) in [7, 11) is 0. The molecule has 23 heavy (non-hydrogen) atoms. The summed E-state index contributed by atoms with van der Waals surface area (Å²) in [6.45, 7) is 0.157. The number of nitrogens with zero attached hydrogens (tertiary/aromatic N) is 1. The molecule has 122 valence electrons. The Hall–Kier alpha value is -2.13. The van der Waals surface area contributed by atoms with E-state index in [1.54, 1.807) is 0 Å². The number of amides is 2. The van der Waals surface area contributed by atoms with Gasteiger partial charge in [-0.2, -0.15) is 5.26 Å². The molecular weight excluding hydrogens is 297 g/mol. The maximum atomic E-state index is 13.8. The summed E-state index contributed by atoms with van der Waals surface area (Å²) < 4.78 is 13.8. The highest BCUT2D eigenvalue weighted by atomic mass is 19.1. The van der Waals surface area contributed by atoms with Crippen molar-refractivity contribution in [2.24, 2.45) is 17.8 Å². The molecule has 2 fully saturated rings.